The lowest BCUT2D eigenvalue weighted by Gasteiger charge is -2.09. The first-order valence-corrected chi connectivity index (χ1v) is 6.88. The Bertz CT molecular complexity index is 730. The Morgan fingerprint density at radius 3 is 2.74 bits per heavy atom. The standard InChI is InChI=1S/C10H9ClFN3O3S/c1-5-13-4-9(14-5)19(17,18)15-8-3-6(12)2-7(11)10(8)16/h2-4,15-16H,1H3,(H,13,14). The fraction of sp³-hybridized carbons (Fsp3) is 0.100. The van der Waals surface area contributed by atoms with Gasteiger partial charge in [0.15, 0.2) is 10.8 Å². The molecule has 0 aliphatic rings. The molecule has 1 aromatic carbocycles. The molecule has 0 saturated carbocycles. The molecule has 19 heavy (non-hydrogen) atoms. The van der Waals surface area contributed by atoms with Crippen LogP contribution in [0.5, 0.6) is 5.75 Å². The van der Waals surface area contributed by atoms with E-state index in [1.54, 1.807) is 6.92 Å². The van der Waals surface area contributed by atoms with Crippen LogP contribution in [0.25, 0.3) is 0 Å². The molecule has 0 saturated heterocycles. The smallest absolute Gasteiger partial charge is 0.279 e. The summed E-state index contributed by atoms with van der Waals surface area (Å²) in [6.07, 6.45) is 1.11. The van der Waals surface area contributed by atoms with Crippen LogP contribution >= 0.6 is 11.6 Å². The van der Waals surface area contributed by atoms with Gasteiger partial charge in [-0.1, -0.05) is 11.6 Å². The van der Waals surface area contributed by atoms with Crippen LogP contribution in [0.15, 0.2) is 23.4 Å². The van der Waals surface area contributed by atoms with Gasteiger partial charge >= 0.3 is 0 Å². The van der Waals surface area contributed by atoms with Crippen molar-refractivity contribution in [3.8, 4) is 5.75 Å². The van der Waals surface area contributed by atoms with E-state index in [1.165, 1.54) is 0 Å². The maximum atomic E-state index is 13.1. The number of aryl methyl sites for hydroxylation is 1. The number of rotatable bonds is 3. The maximum absolute atomic E-state index is 13.1. The minimum atomic E-state index is -4.00. The Hall–Kier alpha value is -1.80. The van der Waals surface area contributed by atoms with Crippen LogP contribution in [0.1, 0.15) is 5.82 Å². The number of nitrogens with one attached hydrogen (secondary N) is 2. The summed E-state index contributed by atoms with van der Waals surface area (Å²) in [6.45, 7) is 1.58. The first kappa shape index (κ1) is 13.6. The summed E-state index contributed by atoms with van der Waals surface area (Å²) in [7, 11) is -4.00. The second kappa shape index (κ2) is 4.71. The number of halogens is 2. The van der Waals surface area contributed by atoms with E-state index in [9.17, 15) is 17.9 Å². The van der Waals surface area contributed by atoms with Crippen molar-refractivity contribution in [1.82, 2.24) is 9.97 Å². The van der Waals surface area contributed by atoms with Crippen LogP contribution in [0.4, 0.5) is 10.1 Å². The van der Waals surface area contributed by atoms with Gasteiger partial charge in [-0.2, -0.15) is 8.42 Å². The molecule has 3 N–H and O–H groups in total. The van der Waals surface area contributed by atoms with E-state index in [1.807, 2.05) is 4.72 Å². The number of aromatic hydroxyl groups is 1. The van der Waals surface area contributed by atoms with Gasteiger partial charge in [-0.3, -0.25) is 4.72 Å². The molecule has 0 spiro atoms. The topological polar surface area (TPSA) is 95.1 Å². The number of H-pyrrole nitrogens is 1. The van der Waals surface area contributed by atoms with Crippen LogP contribution in [-0.4, -0.2) is 23.5 Å². The van der Waals surface area contributed by atoms with Crippen molar-refractivity contribution >= 4 is 27.3 Å². The maximum Gasteiger partial charge on any atom is 0.279 e. The van der Waals surface area contributed by atoms with Crippen LogP contribution in [-0.2, 0) is 10.0 Å². The first-order chi connectivity index (χ1) is 8.79. The van der Waals surface area contributed by atoms with Gasteiger partial charge in [-0.25, -0.2) is 9.37 Å². The molecule has 0 radical (unpaired) electrons. The lowest BCUT2D eigenvalue weighted by Crippen LogP contribution is -2.13. The summed E-state index contributed by atoms with van der Waals surface area (Å²) >= 11 is 5.55. The number of sulfonamides is 1. The van der Waals surface area contributed by atoms with Gasteiger partial charge < -0.3 is 10.1 Å². The second-order valence-electron chi connectivity index (χ2n) is 3.72. The number of aromatic amines is 1. The lowest BCUT2D eigenvalue weighted by molar-refractivity contribution is 0.476. The van der Waals surface area contributed by atoms with E-state index in [2.05, 4.69) is 9.97 Å². The fourth-order valence-electron chi connectivity index (χ4n) is 1.38. The zero-order valence-electron chi connectivity index (χ0n) is 9.61. The number of aromatic nitrogens is 2. The predicted octanol–water partition coefficient (Wildman–Crippen LogP) is 2.02. The quantitative estimate of drug-likeness (QED) is 0.756. The summed E-state index contributed by atoms with van der Waals surface area (Å²) in [5, 5.41) is 9.09. The molecular formula is C10H9ClFN3O3S. The average Bonchev–Trinajstić information content (AvgIpc) is 2.72. The number of phenolic OH excluding ortho intramolecular Hbond substituents is 1. The summed E-state index contributed by atoms with van der Waals surface area (Å²) in [5.41, 5.74) is -0.350. The van der Waals surface area contributed by atoms with Crippen LogP contribution in [0, 0.1) is 12.7 Å². The monoisotopic (exact) mass is 305 g/mol. The number of nitrogens with zero attached hydrogens (tertiary/aromatic N) is 1. The number of hydrogen-bond donors (Lipinski definition) is 3. The molecule has 0 amide bonds. The van der Waals surface area contributed by atoms with Gasteiger partial charge in [0, 0.05) is 6.07 Å². The highest BCUT2D eigenvalue weighted by Gasteiger charge is 2.20. The minimum absolute atomic E-state index is 0.204. The minimum Gasteiger partial charge on any atom is -0.504 e. The summed E-state index contributed by atoms with van der Waals surface area (Å²) in [5.74, 6) is -0.925. The third-order valence-corrected chi connectivity index (χ3v) is 3.80. The van der Waals surface area contributed by atoms with Gasteiger partial charge in [0.05, 0.1) is 16.9 Å². The van der Waals surface area contributed by atoms with Crippen molar-refractivity contribution in [3.63, 3.8) is 0 Å². The fourth-order valence-corrected chi connectivity index (χ4v) is 2.61. The van der Waals surface area contributed by atoms with Gasteiger partial charge in [-0.15, -0.1) is 0 Å². The Morgan fingerprint density at radius 1 is 1.47 bits per heavy atom. The van der Waals surface area contributed by atoms with Crippen molar-refractivity contribution in [3.05, 3.63) is 35.0 Å². The summed E-state index contributed by atoms with van der Waals surface area (Å²) < 4.78 is 39.0. The third-order valence-electron chi connectivity index (χ3n) is 2.24. The van der Waals surface area contributed by atoms with Gasteiger partial charge in [0.25, 0.3) is 10.0 Å². The first-order valence-electron chi connectivity index (χ1n) is 5.02. The lowest BCUT2D eigenvalue weighted by atomic mass is 10.3. The van der Waals surface area contributed by atoms with E-state index in [0.717, 1.165) is 18.3 Å². The van der Waals surface area contributed by atoms with Crippen LogP contribution in [0.2, 0.25) is 5.02 Å². The number of benzene rings is 1. The molecule has 1 heterocycles. The molecule has 0 bridgehead atoms. The van der Waals surface area contributed by atoms with Crippen LogP contribution in [0.3, 0.4) is 0 Å². The van der Waals surface area contributed by atoms with Crippen molar-refractivity contribution in [1.29, 1.82) is 0 Å². The zero-order valence-corrected chi connectivity index (χ0v) is 11.2. The van der Waals surface area contributed by atoms with E-state index in [4.69, 9.17) is 11.6 Å². The highest BCUT2D eigenvalue weighted by atomic mass is 35.5. The summed E-state index contributed by atoms with van der Waals surface area (Å²) in [6, 6.07) is 1.69. The van der Waals surface area contributed by atoms with E-state index >= 15 is 0 Å². The highest BCUT2D eigenvalue weighted by Crippen LogP contribution is 2.33. The highest BCUT2D eigenvalue weighted by molar-refractivity contribution is 7.92. The normalized spacial score (nSPS) is 11.5. The molecule has 6 nitrogen and oxygen atoms in total. The summed E-state index contributed by atoms with van der Waals surface area (Å²) in [4.78, 5) is 6.26. The van der Waals surface area contributed by atoms with E-state index in [0.29, 0.717) is 5.82 Å². The van der Waals surface area contributed by atoms with Crippen LogP contribution < -0.4 is 4.72 Å². The molecule has 0 fully saturated rings. The Balaban J connectivity index is 2.41. The molecule has 0 unspecified atom stereocenters. The Morgan fingerprint density at radius 2 is 2.16 bits per heavy atom. The number of imidazole rings is 1. The number of phenols is 1. The molecule has 2 aromatic rings. The molecule has 0 atom stereocenters. The molecule has 0 aliphatic carbocycles. The second-order valence-corrected chi connectivity index (χ2v) is 5.78. The number of hydrogen-bond acceptors (Lipinski definition) is 4. The Kier molecular flexibility index (Phi) is 3.38. The van der Waals surface area contributed by atoms with Crippen molar-refractivity contribution in [2.45, 2.75) is 11.9 Å². The number of anilines is 1. The van der Waals surface area contributed by atoms with Crippen molar-refractivity contribution < 1.29 is 17.9 Å². The molecule has 2 rings (SSSR count). The third kappa shape index (κ3) is 2.79. The zero-order chi connectivity index (χ0) is 14.2. The average molecular weight is 306 g/mol. The van der Waals surface area contributed by atoms with E-state index in [-0.39, 0.29) is 15.7 Å². The molecule has 9 heteroatoms. The SMILES string of the molecule is Cc1ncc(S(=O)(=O)Nc2cc(F)cc(Cl)c2O)[nH]1. The van der Waals surface area contributed by atoms with Gasteiger partial charge in [-0.05, 0) is 13.0 Å². The van der Waals surface area contributed by atoms with Crippen molar-refractivity contribution in [2.24, 2.45) is 0 Å². The van der Waals surface area contributed by atoms with Gasteiger partial charge in [0.2, 0.25) is 0 Å². The molecule has 102 valence electrons. The van der Waals surface area contributed by atoms with E-state index < -0.39 is 21.6 Å². The Labute approximate surface area is 113 Å². The van der Waals surface area contributed by atoms with Crippen molar-refractivity contribution in [2.75, 3.05) is 4.72 Å². The molecule has 1 aromatic heterocycles. The molecular weight excluding hydrogens is 297 g/mol. The largest absolute Gasteiger partial charge is 0.504 e. The van der Waals surface area contributed by atoms with Gasteiger partial charge in [0.1, 0.15) is 11.6 Å². The predicted molar refractivity (Wildman–Crippen MR) is 67.2 cm³/mol. The molecule has 0 aliphatic heterocycles.